The van der Waals surface area contributed by atoms with Crippen LogP contribution in [0.3, 0.4) is 0 Å². The zero-order valence-electron chi connectivity index (χ0n) is 72.9. The molecule has 0 spiro atoms. The maximum absolute atomic E-state index is 10.1. The minimum atomic E-state index is -0.990. The normalized spacial score (nSPS) is 10.1. The second-order valence-corrected chi connectivity index (χ2v) is 26.6. The van der Waals surface area contributed by atoms with E-state index in [0.717, 1.165) is 138 Å². The number of nitrogens with one attached hydrogen (secondary N) is 4. The summed E-state index contributed by atoms with van der Waals surface area (Å²) in [6, 6.07) is 58.3. The van der Waals surface area contributed by atoms with Crippen LogP contribution in [0.15, 0.2) is 200 Å². The molecule has 0 saturated carbocycles. The number of carbonyl (C=O) groups is 3. The molecule has 125 heavy (non-hydrogen) atoms. The van der Waals surface area contributed by atoms with Crippen molar-refractivity contribution in [1.82, 2.24) is 51.2 Å². The first-order chi connectivity index (χ1) is 57.6. The van der Waals surface area contributed by atoms with Crippen molar-refractivity contribution in [2.75, 3.05) is 56.6 Å². The van der Waals surface area contributed by atoms with Gasteiger partial charge >= 0.3 is 5.97 Å². The van der Waals surface area contributed by atoms with Crippen molar-refractivity contribution in [1.29, 1.82) is 0 Å². The van der Waals surface area contributed by atoms with Crippen LogP contribution in [0.5, 0.6) is 34.5 Å². The van der Waals surface area contributed by atoms with Crippen molar-refractivity contribution in [2.24, 2.45) is 0 Å². The van der Waals surface area contributed by atoms with Crippen LogP contribution in [-0.2, 0) is 163 Å². The van der Waals surface area contributed by atoms with Crippen molar-refractivity contribution in [2.45, 2.75) is 127 Å². The van der Waals surface area contributed by atoms with Crippen LogP contribution in [0.1, 0.15) is 116 Å². The number of carboxylic acids is 1. The standard InChI is InChI=1S/C19H25N2O2.3C15H17N2O2.C14H14NO2.C6H5NO2.2C5H8O2.5Ir/c1-13(2)22-16-6-7-17(19(11-16)23-14(3)4)18-10-15(12-20-5)8-9-21-18;3*1-16-9-11-5-6-17-15(7-11)14-4-3-13(19-2)8-12(14)10-18;1-10-5-6-15-14(7-10)13-4-3-12(17-2)8-11(13)9-16;8-6(9)5-3-1-2-4-7-5;2*1-4(6)3-5(2)7;;;;;/h6,8-11,13-14,20H,12H2,1-5H3;3*3,5-8,16,18H,9-10H2,1-2H3;3,5-8,16H,9H2,1-2H3;1-4H,(H,8,9);2*3,6H,1-2H3;;;;;/q5*-1;;;;;;;;. The molecule has 6 aromatic heterocycles. The summed E-state index contributed by atoms with van der Waals surface area (Å²) in [5.41, 5.74) is 17.0. The van der Waals surface area contributed by atoms with Gasteiger partial charge in [0.25, 0.3) is 0 Å². The van der Waals surface area contributed by atoms with Gasteiger partial charge in [-0.1, -0.05) is 100 Å². The van der Waals surface area contributed by atoms with E-state index in [2.05, 4.69) is 87.6 Å². The zero-order chi connectivity index (χ0) is 88.5. The van der Waals surface area contributed by atoms with E-state index in [1.807, 2.05) is 136 Å². The number of rotatable bonds is 28. The molecule has 0 aliphatic heterocycles. The van der Waals surface area contributed by atoms with E-state index in [-0.39, 0.29) is 168 Å². The van der Waals surface area contributed by atoms with Crippen LogP contribution in [0.2, 0.25) is 0 Å². The van der Waals surface area contributed by atoms with Crippen LogP contribution in [0, 0.1) is 37.3 Å². The average Bonchev–Trinajstić information content (AvgIpc) is 0.838. The maximum Gasteiger partial charge on any atom is 0.354 e. The summed E-state index contributed by atoms with van der Waals surface area (Å²) in [7, 11) is 14.0. The molecule has 11 aromatic rings. The molecule has 0 unspecified atom stereocenters. The van der Waals surface area contributed by atoms with Crippen molar-refractivity contribution in [3.8, 4) is 90.8 Å². The Labute approximate surface area is 802 Å². The van der Waals surface area contributed by atoms with Gasteiger partial charge in [-0.15, -0.1) is 82.9 Å². The monoisotopic (exact) mass is 2600 g/mol. The number of aromatic nitrogens is 6. The number of benzene rings is 5. The fourth-order valence-electron chi connectivity index (χ4n) is 10.8. The summed E-state index contributed by atoms with van der Waals surface area (Å²) in [6.45, 7) is 18.6. The van der Waals surface area contributed by atoms with Gasteiger partial charge in [-0.2, -0.15) is 0 Å². The third kappa shape index (κ3) is 44.1. The SMILES string of the molecule is CC(=O)C=C(C)O.CC(=O)C=C(C)O.CNCc1ccnc(-c2[c-]cc(OC(C)C)cc2OC(C)C)c1.CNCc1ccnc(-c2[c-]cc(OC)cc2CO)c1.CNCc1ccnc(-c2[c-]cc(OC)cc2CO)c1.CNCc1ccnc(-c2[c-]cc(OC)cc2CO)c1.COc1c[c-]c(-c2cc(C)ccn2)c(CO)c1.O=C(O)c1ccccn1.[Ir].[Ir].[Ir].[Ir].[Ir]. The number of carbonyl (C=O) groups excluding carboxylic acids is 2. The zero-order valence-corrected chi connectivity index (χ0v) is 84.8. The summed E-state index contributed by atoms with van der Waals surface area (Å²) in [6.07, 6.45) is 12.8. The first kappa shape index (κ1) is 118. The number of methoxy groups -OCH3 is 4. The molecule has 683 valence electrons. The molecule has 5 radical (unpaired) electrons. The van der Waals surface area contributed by atoms with E-state index in [9.17, 15) is 34.8 Å². The largest absolute Gasteiger partial charge is 0.540 e. The first-order valence-corrected chi connectivity index (χ1v) is 38.0. The van der Waals surface area contributed by atoms with Crippen molar-refractivity contribution in [3.63, 3.8) is 0 Å². The molecule has 26 nitrogen and oxygen atoms in total. The number of aliphatic hydroxyl groups is 6. The number of hydrogen-bond donors (Lipinski definition) is 11. The molecule has 0 amide bonds. The quantitative estimate of drug-likeness (QED) is 0.0123. The molecule has 0 saturated heterocycles. The van der Waals surface area contributed by atoms with E-state index in [1.165, 1.54) is 57.7 Å². The molecular weight excluding hydrogens is 2490 g/mol. The molecule has 11 rings (SSSR count). The minimum Gasteiger partial charge on any atom is -0.540 e. The van der Waals surface area contributed by atoms with E-state index in [4.69, 9.17) is 43.7 Å². The van der Waals surface area contributed by atoms with Crippen molar-refractivity contribution in [3.05, 3.63) is 286 Å². The van der Waals surface area contributed by atoms with Gasteiger partial charge in [0.1, 0.15) is 5.69 Å². The molecule has 31 heteroatoms. The molecule has 0 aliphatic carbocycles. The Bertz CT molecular complexity index is 4760. The number of pyridine rings is 6. The second-order valence-electron chi connectivity index (χ2n) is 26.6. The third-order valence-electron chi connectivity index (χ3n) is 15.9. The molecule has 5 aromatic carbocycles. The Kier molecular flexibility index (Phi) is 62.2. The summed E-state index contributed by atoms with van der Waals surface area (Å²) < 4.78 is 32.2. The van der Waals surface area contributed by atoms with Gasteiger partial charge in [-0.05, 0) is 184 Å². The van der Waals surface area contributed by atoms with Crippen LogP contribution in [-0.4, -0.2) is 152 Å². The Morgan fingerprint density at radius 3 is 0.896 bits per heavy atom. The van der Waals surface area contributed by atoms with Gasteiger partial charge in [-0.3, -0.25) is 9.59 Å². The number of aliphatic hydroxyl groups excluding tert-OH is 6. The predicted octanol–water partition coefficient (Wildman–Crippen LogP) is 14.3. The molecule has 0 fully saturated rings. The Morgan fingerprint density at radius 2 is 0.664 bits per heavy atom. The average molecular weight is 2600 g/mol. The fraction of sp³-hybridized carbons (Fsp3) is 0.287. The second kappa shape index (κ2) is 66.1. The van der Waals surface area contributed by atoms with Crippen molar-refractivity contribution >= 4 is 17.5 Å². The third-order valence-corrected chi connectivity index (χ3v) is 15.9. The van der Waals surface area contributed by atoms with E-state index >= 15 is 0 Å². The van der Waals surface area contributed by atoms with Gasteiger partial charge < -0.3 is 110 Å². The number of nitrogens with zero attached hydrogens (tertiary/aromatic N) is 6. The Morgan fingerprint density at radius 1 is 0.376 bits per heavy atom. The van der Waals surface area contributed by atoms with Crippen LogP contribution in [0.25, 0.3) is 56.3 Å². The minimum absolute atomic E-state index is 0. The molecule has 0 bridgehead atoms. The number of ketones is 2. The number of hydrogen-bond acceptors (Lipinski definition) is 25. The topological polar surface area (TPSA) is 374 Å². The van der Waals surface area contributed by atoms with E-state index in [1.54, 1.807) is 114 Å². The number of aromatic carboxylic acids is 1. The summed E-state index contributed by atoms with van der Waals surface area (Å²) in [5, 5.41) is 75.2. The van der Waals surface area contributed by atoms with Crippen LogP contribution >= 0.6 is 0 Å². The Balaban J connectivity index is 0. The van der Waals surface area contributed by atoms with Gasteiger partial charge in [0.2, 0.25) is 0 Å². The van der Waals surface area contributed by atoms with Crippen LogP contribution < -0.4 is 49.7 Å². The molecule has 6 heterocycles. The molecule has 11 N–H and O–H groups in total. The fourth-order valence-corrected chi connectivity index (χ4v) is 10.8. The predicted molar refractivity (Wildman–Crippen MR) is 465 cm³/mol. The Hall–Kier alpha value is -9.38. The smallest absolute Gasteiger partial charge is 0.354 e. The number of ether oxygens (including phenoxy) is 6. The van der Waals surface area contributed by atoms with Crippen LogP contribution in [0.4, 0.5) is 0 Å². The number of aryl methyl sites for hydroxylation is 1. The number of carboxylic acid groups (broad SMARTS) is 1. The van der Waals surface area contributed by atoms with Gasteiger partial charge in [0.15, 0.2) is 11.6 Å². The van der Waals surface area contributed by atoms with Crippen molar-refractivity contribution < 1.29 is 179 Å². The summed E-state index contributed by atoms with van der Waals surface area (Å²) >= 11 is 0. The molecular formula is C94H111Ir5N10O16-5. The maximum atomic E-state index is 10.1. The summed E-state index contributed by atoms with van der Waals surface area (Å²) in [5.74, 6) is 3.11. The van der Waals surface area contributed by atoms with Gasteiger partial charge in [0, 0.05) is 237 Å². The number of allylic oxidation sites excluding steroid dienone is 4. The molecule has 0 atom stereocenters. The van der Waals surface area contributed by atoms with Gasteiger partial charge in [0.05, 0.1) is 52.2 Å². The first-order valence-electron chi connectivity index (χ1n) is 38.0. The van der Waals surface area contributed by atoms with Gasteiger partial charge in [-0.25, -0.2) is 9.78 Å². The summed E-state index contributed by atoms with van der Waals surface area (Å²) in [4.78, 5) is 55.5. The van der Waals surface area contributed by atoms with E-state index in [0.29, 0.717) is 23.0 Å². The van der Waals surface area contributed by atoms with E-state index < -0.39 is 5.97 Å². The molecule has 0 aliphatic rings.